The van der Waals surface area contributed by atoms with Gasteiger partial charge in [-0.3, -0.25) is 29.4 Å². The van der Waals surface area contributed by atoms with Crippen molar-refractivity contribution in [1.82, 2.24) is 20.0 Å². The van der Waals surface area contributed by atoms with Crippen LogP contribution in [0.2, 0.25) is 5.02 Å². The zero-order valence-electron chi connectivity index (χ0n) is 23.9. The summed E-state index contributed by atoms with van der Waals surface area (Å²) in [6.07, 6.45) is 2.59. The maximum atomic E-state index is 13.6. The van der Waals surface area contributed by atoms with Gasteiger partial charge >= 0.3 is 0 Å². The van der Waals surface area contributed by atoms with Gasteiger partial charge in [0.1, 0.15) is 6.04 Å². The number of amides is 4. The molecule has 8 nitrogen and oxygen atoms in total. The zero-order chi connectivity index (χ0) is 29.7. The van der Waals surface area contributed by atoms with Crippen LogP contribution in [0.1, 0.15) is 57.5 Å². The molecular formula is C34H33ClN4O4. The van der Waals surface area contributed by atoms with Crippen LogP contribution in [0.3, 0.4) is 0 Å². The van der Waals surface area contributed by atoms with Crippen LogP contribution in [0, 0.1) is 5.41 Å². The molecule has 4 amide bonds. The molecule has 0 bridgehead atoms. The molecule has 1 atom stereocenters. The summed E-state index contributed by atoms with van der Waals surface area (Å²) in [5, 5.41) is 3.03. The fourth-order valence-electron chi connectivity index (χ4n) is 7.22. The Morgan fingerprint density at radius 3 is 2.42 bits per heavy atom. The molecule has 3 saturated heterocycles. The monoisotopic (exact) mass is 596 g/mol. The normalized spacial score (nSPS) is 21.5. The van der Waals surface area contributed by atoms with Crippen LogP contribution in [0.15, 0.2) is 66.7 Å². The molecule has 0 radical (unpaired) electrons. The van der Waals surface area contributed by atoms with Crippen molar-refractivity contribution in [3.8, 4) is 11.1 Å². The molecule has 1 spiro atoms. The van der Waals surface area contributed by atoms with Crippen LogP contribution < -0.4 is 5.32 Å². The van der Waals surface area contributed by atoms with Crippen LogP contribution in [0.4, 0.5) is 0 Å². The van der Waals surface area contributed by atoms with Crippen molar-refractivity contribution in [3.05, 3.63) is 94.0 Å². The van der Waals surface area contributed by atoms with Gasteiger partial charge in [0.25, 0.3) is 11.8 Å². The first-order chi connectivity index (χ1) is 20.8. The number of fused-ring (bicyclic) bond motifs is 1. The van der Waals surface area contributed by atoms with E-state index in [0.29, 0.717) is 23.6 Å². The fraction of sp³-hybridized carbons (Fsp3) is 0.353. The van der Waals surface area contributed by atoms with Crippen LogP contribution in [0.25, 0.3) is 11.1 Å². The van der Waals surface area contributed by atoms with Crippen LogP contribution >= 0.6 is 11.6 Å². The highest BCUT2D eigenvalue weighted by Gasteiger charge is 2.45. The second kappa shape index (κ2) is 10.9. The highest BCUT2D eigenvalue weighted by atomic mass is 35.5. The number of nitrogens with one attached hydrogen (secondary N) is 1. The second-order valence-electron chi connectivity index (χ2n) is 12.4. The summed E-state index contributed by atoms with van der Waals surface area (Å²) >= 11 is 6.08. The van der Waals surface area contributed by atoms with E-state index in [1.807, 2.05) is 65.6 Å². The third-order valence-corrected chi connectivity index (χ3v) is 9.79. The number of likely N-dealkylation sites (tertiary alicyclic amines) is 2. The summed E-state index contributed by atoms with van der Waals surface area (Å²) in [5.74, 6) is -0.731. The van der Waals surface area contributed by atoms with Gasteiger partial charge in [-0.25, -0.2) is 0 Å². The predicted molar refractivity (Wildman–Crippen MR) is 162 cm³/mol. The number of nitrogens with zero attached hydrogens (tertiary/aromatic N) is 3. The molecule has 0 saturated carbocycles. The van der Waals surface area contributed by atoms with E-state index in [4.69, 9.17) is 11.6 Å². The van der Waals surface area contributed by atoms with Gasteiger partial charge in [-0.15, -0.1) is 0 Å². The van der Waals surface area contributed by atoms with E-state index < -0.39 is 6.04 Å². The highest BCUT2D eigenvalue weighted by molar-refractivity contribution is 6.30. The SMILES string of the molecule is O=C1CCC(N2Cc3cc(CN4CC5(CCN(C(=O)c6ccccc6-c6ccc(Cl)cc6)CC5)C4)ccc3C2=O)C(=O)N1. The lowest BCUT2D eigenvalue weighted by molar-refractivity contribution is -0.136. The minimum Gasteiger partial charge on any atom is -0.339 e. The van der Waals surface area contributed by atoms with Gasteiger partial charge in [-0.1, -0.05) is 54.1 Å². The number of rotatable bonds is 5. The summed E-state index contributed by atoms with van der Waals surface area (Å²) in [7, 11) is 0. The molecule has 3 aromatic carbocycles. The Kier molecular flexibility index (Phi) is 7.06. The second-order valence-corrected chi connectivity index (χ2v) is 12.8. The Hall–Kier alpha value is -4.01. The number of hydrogen-bond acceptors (Lipinski definition) is 5. The third-order valence-electron chi connectivity index (χ3n) is 9.54. The first-order valence-electron chi connectivity index (χ1n) is 14.9. The van der Waals surface area contributed by atoms with E-state index in [2.05, 4.69) is 16.3 Å². The van der Waals surface area contributed by atoms with Gasteiger partial charge in [0.05, 0.1) is 0 Å². The Morgan fingerprint density at radius 1 is 0.930 bits per heavy atom. The van der Waals surface area contributed by atoms with Gasteiger partial charge in [-0.05, 0) is 71.2 Å². The highest BCUT2D eigenvalue weighted by Crippen LogP contribution is 2.42. The summed E-state index contributed by atoms with van der Waals surface area (Å²) in [5.41, 5.74) is 5.60. The van der Waals surface area contributed by atoms with Crippen LogP contribution in [-0.4, -0.2) is 70.5 Å². The lowest BCUT2D eigenvalue weighted by Gasteiger charge is -2.54. The van der Waals surface area contributed by atoms with Crippen molar-refractivity contribution < 1.29 is 19.2 Å². The molecule has 7 rings (SSSR count). The fourth-order valence-corrected chi connectivity index (χ4v) is 7.35. The number of halogens is 1. The summed E-state index contributed by atoms with van der Waals surface area (Å²) in [6, 6.07) is 20.8. The molecule has 0 aliphatic carbocycles. The van der Waals surface area contributed by atoms with E-state index in [9.17, 15) is 19.2 Å². The van der Waals surface area contributed by atoms with E-state index in [1.54, 1.807) is 4.90 Å². The van der Waals surface area contributed by atoms with E-state index >= 15 is 0 Å². The molecule has 3 fully saturated rings. The molecule has 220 valence electrons. The number of piperidine rings is 2. The Bertz CT molecular complexity index is 1620. The van der Waals surface area contributed by atoms with Gasteiger partial charge in [0.15, 0.2) is 0 Å². The van der Waals surface area contributed by atoms with Crippen LogP contribution in [0.5, 0.6) is 0 Å². The summed E-state index contributed by atoms with van der Waals surface area (Å²) in [4.78, 5) is 56.5. The van der Waals surface area contributed by atoms with Crippen LogP contribution in [-0.2, 0) is 22.7 Å². The molecule has 3 aromatic rings. The van der Waals surface area contributed by atoms with Crippen molar-refractivity contribution in [2.45, 2.75) is 44.8 Å². The maximum Gasteiger partial charge on any atom is 0.255 e. The molecule has 0 aromatic heterocycles. The molecule has 4 aliphatic rings. The molecule has 43 heavy (non-hydrogen) atoms. The predicted octanol–water partition coefficient (Wildman–Crippen LogP) is 4.51. The smallest absolute Gasteiger partial charge is 0.255 e. The topological polar surface area (TPSA) is 90.0 Å². The van der Waals surface area contributed by atoms with E-state index in [0.717, 1.165) is 73.4 Å². The van der Waals surface area contributed by atoms with E-state index in [1.165, 1.54) is 0 Å². The minimum absolute atomic E-state index is 0.0793. The Morgan fingerprint density at radius 2 is 1.67 bits per heavy atom. The van der Waals surface area contributed by atoms with Crippen molar-refractivity contribution in [3.63, 3.8) is 0 Å². The summed E-state index contributed by atoms with van der Waals surface area (Å²) in [6.45, 7) is 4.68. The molecule has 1 N–H and O–H groups in total. The van der Waals surface area contributed by atoms with E-state index in [-0.39, 0.29) is 35.5 Å². The summed E-state index contributed by atoms with van der Waals surface area (Å²) < 4.78 is 0. The van der Waals surface area contributed by atoms with Gasteiger partial charge in [-0.2, -0.15) is 0 Å². The van der Waals surface area contributed by atoms with Crippen molar-refractivity contribution >= 4 is 35.2 Å². The Balaban J connectivity index is 0.944. The molecular weight excluding hydrogens is 564 g/mol. The molecule has 1 unspecified atom stereocenters. The quantitative estimate of drug-likeness (QED) is 0.438. The minimum atomic E-state index is -0.597. The third kappa shape index (κ3) is 5.23. The van der Waals surface area contributed by atoms with Crippen molar-refractivity contribution in [1.29, 1.82) is 0 Å². The number of carbonyl (C=O) groups is 4. The molecule has 9 heteroatoms. The lowest BCUT2D eigenvalue weighted by Crippen LogP contribution is -2.60. The maximum absolute atomic E-state index is 13.6. The first-order valence-corrected chi connectivity index (χ1v) is 15.3. The van der Waals surface area contributed by atoms with Gasteiger partial charge in [0, 0.05) is 61.8 Å². The Labute approximate surface area is 255 Å². The standard InChI is InChI=1S/C34H33ClN4O4/c35-25-8-6-23(7-9-25)26-3-1-2-4-28(26)32(42)38-15-13-34(14-16-38)20-37(21-34)18-22-5-10-27-24(17-22)19-39(33(27)43)29-11-12-30(40)36-31(29)41/h1-10,17,29H,11-16,18-21H2,(H,36,40,41). The van der Waals surface area contributed by atoms with Gasteiger partial charge in [0.2, 0.25) is 11.8 Å². The largest absolute Gasteiger partial charge is 0.339 e. The lowest BCUT2D eigenvalue weighted by atomic mass is 9.71. The van der Waals surface area contributed by atoms with Gasteiger partial charge < -0.3 is 9.80 Å². The van der Waals surface area contributed by atoms with Crippen molar-refractivity contribution in [2.75, 3.05) is 26.2 Å². The zero-order valence-corrected chi connectivity index (χ0v) is 24.6. The average Bonchev–Trinajstić information content (AvgIpc) is 3.32. The molecule has 4 aliphatic heterocycles. The number of hydrogen-bond donors (Lipinski definition) is 1. The number of benzene rings is 3. The van der Waals surface area contributed by atoms with Crippen molar-refractivity contribution in [2.24, 2.45) is 5.41 Å². The first kappa shape index (κ1) is 27.8. The average molecular weight is 597 g/mol. The number of carbonyl (C=O) groups excluding carboxylic acids is 4. The molecule has 4 heterocycles. The number of imide groups is 1.